The number of nitrogens with zero attached hydrogens (tertiary/aromatic N) is 3. The van der Waals surface area contributed by atoms with Crippen molar-refractivity contribution in [2.24, 2.45) is 5.73 Å². The first kappa shape index (κ1) is 15.8. The predicted molar refractivity (Wildman–Crippen MR) is 81.0 cm³/mol. The van der Waals surface area contributed by atoms with Gasteiger partial charge in [0, 0.05) is 6.54 Å². The van der Waals surface area contributed by atoms with Gasteiger partial charge in [0.05, 0.1) is 0 Å². The topological polar surface area (TPSA) is 66.0 Å². The normalized spacial score (nSPS) is 10.6. The van der Waals surface area contributed by atoms with E-state index in [-0.39, 0.29) is 0 Å². The summed E-state index contributed by atoms with van der Waals surface area (Å²) in [5.74, 6) is 1.93. The van der Waals surface area contributed by atoms with Crippen LogP contribution in [0.1, 0.15) is 18.4 Å². The standard InChI is InChI=1S/C13H17N4OS.Tl/c14-9-11-4-3-5-12(8-11)18-6-1-2-7-19-13-15-10-16-17-13;/h3-5,8,10H,1-2,6-7,9,14H2;/q-1;+1. The van der Waals surface area contributed by atoms with Gasteiger partial charge in [-0.05, 0) is 0 Å². The number of ether oxygens (including phenoxy) is 1. The Morgan fingerprint density at radius 3 is 3.00 bits per heavy atom. The summed E-state index contributed by atoms with van der Waals surface area (Å²) in [6.07, 6.45) is 3.92. The first-order valence-electron chi connectivity index (χ1n) is 6.49. The Labute approximate surface area is 139 Å². The van der Waals surface area contributed by atoms with Crippen LogP contribution in [-0.4, -0.2) is 51.0 Å². The molecule has 1 aromatic heterocycles. The second-order valence-corrected chi connectivity index (χ2v) is 7.38. The molecular formula is C13H17N4OSTl. The molecule has 0 aliphatic rings. The Morgan fingerprint density at radius 2 is 2.25 bits per heavy atom. The average molecular weight is 482 g/mol. The summed E-state index contributed by atoms with van der Waals surface area (Å²) >= 11 is 2.40. The van der Waals surface area contributed by atoms with Crippen LogP contribution < -0.4 is 10.5 Å². The third-order valence-corrected chi connectivity index (χ3v) is 4.57. The van der Waals surface area contributed by atoms with E-state index < -0.39 is 0 Å². The number of nitrogens with two attached hydrogens (primary N) is 1. The minimum absolute atomic E-state index is 0.550. The number of benzene rings is 1. The van der Waals surface area contributed by atoms with Gasteiger partial charge in [-0.25, -0.2) is 0 Å². The number of hydrogen-bond donors (Lipinski definition) is 1. The molecule has 0 bridgehead atoms. The van der Waals surface area contributed by atoms with Gasteiger partial charge in [0.1, 0.15) is 0 Å². The van der Waals surface area contributed by atoms with Gasteiger partial charge >= 0.3 is 121 Å². The maximum atomic E-state index is 5.71. The molecule has 5 nitrogen and oxygen atoms in total. The van der Waals surface area contributed by atoms with Crippen molar-refractivity contribution in [1.82, 2.24) is 12.6 Å². The Balaban J connectivity index is 1.59. The van der Waals surface area contributed by atoms with Crippen LogP contribution in [0.5, 0.6) is 5.75 Å². The van der Waals surface area contributed by atoms with Crippen molar-refractivity contribution in [3.63, 3.8) is 0 Å². The van der Waals surface area contributed by atoms with Gasteiger partial charge in [-0.3, -0.25) is 0 Å². The first-order chi connectivity index (χ1) is 9.78. The van der Waals surface area contributed by atoms with Crippen LogP contribution in [0.2, 0.25) is 0 Å². The van der Waals surface area contributed by atoms with Crippen LogP contribution in [0.4, 0.5) is 0 Å². The van der Waals surface area contributed by atoms with E-state index in [1.165, 1.54) is 0 Å². The van der Waals surface area contributed by atoms with Crippen LogP contribution >= 0.6 is 11.8 Å². The van der Waals surface area contributed by atoms with Crippen molar-refractivity contribution >= 4 is 37.8 Å². The summed E-state index contributed by atoms with van der Waals surface area (Å²) in [6, 6.07) is 7.95. The van der Waals surface area contributed by atoms with E-state index in [1.807, 2.05) is 26.8 Å². The summed E-state index contributed by atoms with van der Waals surface area (Å²) in [4.78, 5) is 4.21. The second-order valence-electron chi connectivity index (χ2n) is 4.26. The molecule has 0 fully saturated rings. The molecular weight excluding hydrogens is 465 g/mol. The molecule has 7 heteroatoms. The summed E-state index contributed by atoms with van der Waals surface area (Å²) in [5.41, 5.74) is 6.70. The zero-order valence-electron chi connectivity index (χ0n) is 11.2. The van der Waals surface area contributed by atoms with Crippen LogP contribution in [0.3, 0.4) is 0 Å². The monoisotopic (exact) mass is 482 g/mol. The molecule has 0 atom stereocenters. The van der Waals surface area contributed by atoms with Crippen LogP contribution in [0.15, 0.2) is 35.7 Å². The van der Waals surface area contributed by atoms with Crippen molar-refractivity contribution in [3.05, 3.63) is 36.2 Å². The molecule has 2 N–H and O–H groups in total. The zero-order valence-corrected chi connectivity index (χ0v) is 16.5. The molecule has 104 valence electrons. The van der Waals surface area contributed by atoms with E-state index in [0.29, 0.717) is 32.6 Å². The molecule has 0 radical (unpaired) electrons. The third kappa shape index (κ3) is 5.41. The Hall–Kier alpha value is -0.608. The fraction of sp³-hybridized carbons (Fsp3) is 0.385. The van der Waals surface area contributed by atoms with Crippen molar-refractivity contribution in [3.8, 4) is 5.75 Å². The number of unbranched alkanes of at least 4 members (excludes halogenated alkanes) is 1. The molecule has 0 aliphatic heterocycles. The molecule has 2 aromatic rings. The van der Waals surface area contributed by atoms with E-state index in [4.69, 9.17) is 10.5 Å². The summed E-state index contributed by atoms with van der Waals surface area (Å²) < 4.78 is 7.60. The number of hydrogen-bond acceptors (Lipinski definition) is 5. The summed E-state index contributed by atoms with van der Waals surface area (Å²) in [7, 11) is 0. The van der Waals surface area contributed by atoms with E-state index in [9.17, 15) is 0 Å². The second kappa shape index (κ2) is 8.63. The predicted octanol–water partition coefficient (Wildman–Crippen LogP) is 1.62. The third-order valence-electron chi connectivity index (χ3n) is 2.66. The molecule has 0 saturated carbocycles. The summed E-state index contributed by atoms with van der Waals surface area (Å²) in [6.45, 7) is 1.28. The van der Waals surface area contributed by atoms with E-state index in [2.05, 4.69) is 10.1 Å². The molecule has 1 heterocycles. The van der Waals surface area contributed by atoms with Crippen LogP contribution in [-0.2, 0) is 6.54 Å². The van der Waals surface area contributed by atoms with Crippen molar-refractivity contribution in [1.29, 1.82) is 0 Å². The van der Waals surface area contributed by atoms with Gasteiger partial charge < -0.3 is 5.73 Å². The van der Waals surface area contributed by atoms with Gasteiger partial charge in [0.25, 0.3) is 0 Å². The molecule has 2 rings (SSSR count). The van der Waals surface area contributed by atoms with Crippen molar-refractivity contribution in [2.75, 3.05) is 12.4 Å². The quantitative estimate of drug-likeness (QED) is 0.353. The van der Waals surface area contributed by atoms with E-state index in [1.54, 1.807) is 18.1 Å². The summed E-state index contributed by atoms with van der Waals surface area (Å²) in [5, 5.41) is 5.17. The number of rotatable bonds is 8. The van der Waals surface area contributed by atoms with Gasteiger partial charge in [0.15, 0.2) is 0 Å². The molecule has 0 saturated heterocycles. The van der Waals surface area contributed by atoms with E-state index in [0.717, 1.165) is 41.7 Å². The fourth-order valence-corrected chi connectivity index (χ4v) is 3.46. The van der Waals surface area contributed by atoms with Gasteiger partial charge in [0.2, 0.25) is 0 Å². The van der Waals surface area contributed by atoms with E-state index >= 15 is 0 Å². The van der Waals surface area contributed by atoms with Crippen molar-refractivity contribution < 1.29 is 4.74 Å². The average Bonchev–Trinajstić information content (AvgIpc) is 2.88. The maximum absolute atomic E-state index is 5.71. The fourth-order valence-electron chi connectivity index (χ4n) is 1.64. The number of thioether (sulfide) groups is 1. The molecule has 0 amide bonds. The van der Waals surface area contributed by atoms with Crippen LogP contribution in [0.25, 0.3) is 0 Å². The van der Waals surface area contributed by atoms with Gasteiger partial charge in [-0.2, -0.15) is 0 Å². The van der Waals surface area contributed by atoms with Gasteiger partial charge in [-0.1, -0.05) is 6.07 Å². The Morgan fingerprint density at radius 1 is 1.35 bits per heavy atom. The van der Waals surface area contributed by atoms with Gasteiger partial charge in [-0.15, -0.1) is 0 Å². The molecule has 0 aliphatic carbocycles. The Kier molecular flexibility index (Phi) is 6.81. The first-order valence-corrected chi connectivity index (χ1v) is 9.48. The number of aromatic nitrogens is 3. The molecule has 0 unspecified atom stereocenters. The van der Waals surface area contributed by atoms with Crippen molar-refractivity contribution in [2.45, 2.75) is 24.5 Å². The van der Waals surface area contributed by atoms with Crippen LogP contribution in [0, 0.1) is 0 Å². The molecule has 1 aromatic carbocycles. The minimum atomic E-state index is 0.550. The zero-order chi connectivity index (χ0) is 14.2. The molecule has 20 heavy (non-hydrogen) atoms. The molecule has 0 spiro atoms. The SMILES string of the molecule is NCc1cccc(OCCCCSc2nc[n]([Tl])n2)c1. The Bertz CT molecular complexity index is 535.